The normalized spacial score (nSPS) is 44.0. The van der Waals surface area contributed by atoms with E-state index in [1.54, 1.807) is 0 Å². The molecule has 0 bridgehead atoms. The van der Waals surface area contributed by atoms with Gasteiger partial charge in [-0.2, -0.15) is 0 Å². The standard InChI is InChI=1S/C30H44O10/c1-16(31)37-22-9-5-20(30(34)36-15-18-3-8-24-27(11-18)39-24)13-28(22)40-25-12-19(4-6-21(25)32)29(33)35-14-17-2-7-23-26(10-17)38-23/h17-28,32H,2-15H2,1H3. The number of ether oxygens (including phenoxy) is 6. The summed E-state index contributed by atoms with van der Waals surface area (Å²) in [5.41, 5.74) is 0. The molecule has 0 aromatic heterocycles. The first kappa shape index (κ1) is 28.4. The van der Waals surface area contributed by atoms with Crippen LogP contribution in [0.3, 0.4) is 0 Å². The predicted molar refractivity (Wildman–Crippen MR) is 139 cm³/mol. The van der Waals surface area contributed by atoms with Gasteiger partial charge in [-0.05, 0) is 88.9 Å². The van der Waals surface area contributed by atoms with Crippen LogP contribution in [0.25, 0.3) is 0 Å². The molecule has 1 N–H and O–H groups in total. The monoisotopic (exact) mass is 564 g/mol. The van der Waals surface area contributed by atoms with Crippen molar-refractivity contribution in [2.24, 2.45) is 23.7 Å². The van der Waals surface area contributed by atoms with E-state index in [1.165, 1.54) is 6.92 Å². The number of hydrogen-bond donors (Lipinski definition) is 1. The Bertz CT molecular complexity index is 939. The molecule has 10 heteroatoms. The minimum atomic E-state index is -0.739. The van der Waals surface area contributed by atoms with Crippen LogP contribution >= 0.6 is 0 Å². The third-order valence-electron chi connectivity index (χ3n) is 9.97. The number of esters is 3. The number of aliphatic hydroxyl groups is 1. The largest absolute Gasteiger partial charge is 0.465 e. The highest BCUT2D eigenvalue weighted by Crippen LogP contribution is 2.41. The summed E-state index contributed by atoms with van der Waals surface area (Å²) in [6.07, 6.45) is 7.76. The summed E-state index contributed by atoms with van der Waals surface area (Å²) in [6.45, 7) is 2.17. The van der Waals surface area contributed by atoms with E-state index < -0.39 is 30.4 Å². The highest BCUT2D eigenvalue weighted by atomic mass is 16.6. The molecule has 10 nitrogen and oxygen atoms in total. The van der Waals surface area contributed by atoms with E-state index in [0.717, 1.165) is 38.5 Å². The molecule has 224 valence electrons. The Kier molecular flexibility index (Phi) is 8.68. The number of rotatable bonds is 9. The molecule has 0 spiro atoms. The van der Waals surface area contributed by atoms with Crippen LogP contribution in [-0.2, 0) is 42.8 Å². The fraction of sp³-hybridized carbons (Fsp3) is 0.900. The fourth-order valence-electron chi connectivity index (χ4n) is 7.42. The number of fused-ring (bicyclic) bond motifs is 2. The van der Waals surface area contributed by atoms with Crippen LogP contribution in [0.5, 0.6) is 0 Å². The van der Waals surface area contributed by atoms with Gasteiger partial charge in [-0.1, -0.05) is 0 Å². The lowest BCUT2D eigenvalue weighted by Crippen LogP contribution is -2.47. The summed E-state index contributed by atoms with van der Waals surface area (Å²) >= 11 is 0. The van der Waals surface area contributed by atoms with Gasteiger partial charge >= 0.3 is 17.9 Å². The molecule has 6 fully saturated rings. The van der Waals surface area contributed by atoms with Gasteiger partial charge in [0.1, 0.15) is 6.10 Å². The Morgan fingerprint density at radius 2 is 1.20 bits per heavy atom. The molecule has 0 radical (unpaired) electrons. The van der Waals surface area contributed by atoms with Gasteiger partial charge in [0.05, 0.1) is 67.8 Å². The van der Waals surface area contributed by atoms with E-state index in [9.17, 15) is 19.5 Å². The molecule has 0 amide bonds. The molecule has 4 aliphatic carbocycles. The van der Waals surface area contributed by atoms with Gasteiger partial charge in [0.2, 0.25) is 0 Å². The fourth-order valence-corrected chi connectivity index (χ4v) is 7.42. The molecule has 2 heterocycles. The number of carbonyl (C=O) groups excluding carboxylic acids is 3. The third kappa shape index (κ3) is 6.99. The first-order valence-corrected chi connectivity index (χ1v) is 15.5. The van der Waals surface area contributed by atoms with Crippen molar-refractivity contribution in [3.63, 3.8) is 0 Å². The van der Waals surface area contributed by atoms with E-state index in [0.29, 0.717) is 88.0 Å². The molecule has 2 aliphatic heterocycles. The zero-order valence-corrected chi connectivity index (χ0v) is 23.4. The summed E-state index contributed by atoms with van der Waals surface area (Å²) in [6, 6.07) is 0. The van der Waals surface area contributed by atoms with Crippen LogP contribution in [0.2, 0.25) is 0 Å². The smallest absolute Gasteiger partial charge is 0.309 e. The van der Waals surface area contributed by atoms with Crippen LogP contribution < -0.4 is 0 Å². The SMILES string of the molecule is CC(=O)OC1CCC(C(=O)OCC2CCC3OC3C2)CC1OC1CC(C(=O)OCC2CCC3OC3C2)CCC1O. The maximum atomic E-state index is 13.0. The van der Waals surface area contributed by atoms with E-state index in [1.807, 2.05) is 0 Å². The van der Waals surface area contributed by atoms with Gasteiger partial charge in [0.15, 0.2) is 0 Å². The predicted octanol–water partition coefficient (Wildman–Crippen LogP) is 2.85. The number of epoxide rings is 2. The number of hydrogen-bond acceptors (Lipinski definition) is 10. The Labute approximate surface area is 235 Å². The Morgan fingerprint density at radius 1 is 0.650 bits per heavy atom. The Morgan fingerprint density at radius 3 is 1.75 bits per heavy atom. The molecule has 0 aromatic carbocycles. The second-order valence-electron chi connectivity index (χ2n) is 13.0. The van der Waals surface area contributed by atoms with Crippen LogP contribution in [0.4, 0.5) is 0 Å². The summed E-state index contributed by atoms with van der Waals surface area (Å²) in [5.74, 6) is -0.940. The van der Waals surface area contributed by atoms with Gasteiger partial charge in [0, 0.05) is 6.92 Å². The molecular formula is C30H44O10. The van der Waals surface area contributed by atoms with Crippen molar-refractivity contribution >= 4 is 17.9 Å². The zero-order chi connectivity index (χ0) is 27.8. The summed E-state index contributed by atoms with van der Waals surface area (Å²) < 4.78 is 34.5. The first-order chi connectivity index (χ1) is 19.3. The quantitative estimate of drug-likeness (QED) is 0.253. The molecule has 4 saturated carbocycles. The van der Waals surface area contributed by atoms with E-state index in [2.05, 4.69) is 0 Å². The van der Waals surface area contributed by atoms with Gasteiger partial charge in [-0.25, -0.2) is 0 Å². The van der Waals surface area contributed by atoms with Crippen LogP contribution in [0.1, 0.15) is 84.0 Å². The van der Waals surface area contributed by atoms with Gasteiger partial charge in [0.25, 0.3) is 0 Å². The average Bonchev–Trinajstić information content (AvgIpc) is 3.86. The van der Waals surface area contributed by atoms with Crippen molar-refractivity contribution in [1.82, 2.24) is 0 Å². The molecule has 0 aromatic rings. The molecular weight excluding hydrogens is 520 g/mol. The first-order valence-electron chi connectivity index (χ1n) is 15.5. The van der Waals surface area contributed by atoms with Crippen molar-refractivity contribution in [3.8, 4) is 0 Å². The van der Waals surface area contributed by atoms with Gasteiger partial charge in [-0.15, -0.1) is 0 Å². The van der Waals surface area contributed by atoms with E-state index in [-0.39, 0.29) is 23.8 Å². The average molecular weight is 565 g/mol. The number of carbonyl (C=O) groups is 3. The second kappa shape index (κ2) is 12.2. The zero-order valence-electron chi connectivity index (χ0n) is 23.4. The van der Waals surface area contributed by atoms with Gasteiger partial charge < -0.3 is 33.5 Å². The van der Waals surface area contributed by atoms with Crippen molar-refractivity contribution in [3.05, 3.63) is 0 Å². The van der Waals surface area contributed by atoms with E-state index in [4.69, 9.17) is 28.4 Å². The molecule has 40 heavy (non-hydrogen) atoms. The van der Waals surface area contributed by atoms with Crippen molar-refractivity contribution in [1.29, 1.82) is 0 Å². The van der Waals surface area contributed by atoms with Crippen LogP contribution in [0, 0.1) is 23.7 Å². The highest BCUT2D eigenvalue weighted by molar-refractivity contribution is 5.73. The minimum Gasteiger partial charge on any atom is -0.465 e. The topological polar surface area (TPSA) is 133 Å². The van der Waals surface area contributed by atoms with Crippen LogP contribution in [0.15, 0.2) is 0 Å². The summed E-state index contributed by atoms with van der Waals surface area (Å²) in [7, 11) is 0. The lowest BCUT2D eigenvalue weighted by atomic mass is 9.83. The molecule has 6 aliphatic rings. The minimum absolute atomic E-state index is 0.244. The number of aliphatic hydroxyl groups excluding tert-OH is 1. The van der Waals surface area contributed by atoms with Crippen LogP contribution in [-0.4, -0.2) is 85.1 Å². The lowest BCUT2D eigenvalue weighted by molar-refractivity contribution is -0.184. The highest BCUT2D eigenvalue weighted by Gasteiger charge is 2.46. The lowest BCUT2D eigenvalue weighted by Gasteiger charge is -2.40. The molecule has 6 rings (SSSR count). The second-order valence-corrected chi connectivity index (χ2v) is 13.0. The molecule has 12 unspecified atom stereocenters. The summed E-state index contributed by atoms with van der Waals surface area (Å²) in [5, 5.41) is 10.8. The summed E-state index contributed by atoms with van der Waals surface area (Å²) in [4.78, 5) is 37.7. The molecule has 12 atom stereocenters. The van der Waals surface area contributed by atoms with Gasteiger partial charge in [-0.3, -0.25) is 14.4 Å². The third-order valence-corrected chi connectivity index (χ3v) is 9.97. The van der Waals surface area contributed by atoms with Crippen molar-refractivity contribution in [2.45, 2.75) is 133 Å². The van der Waals surface area contributed by atoms with E-state index >= 15 is 0 Å². The van der Waals surface area contributed by atoms with Crippen molar-refractivity contribution < 1.29 is 47.9 Å². The van der Waals surface area contributed by atoms with Crippen molar-refractivity contribution in [2.75, 3.05) is 13.2 Å². The Balaban J connectivity index is 1.01. The maximum absolute atomic E-state index is 13.0. The maximum Gasteiger partial charge on any atom is 0.309 e. The molecule has 2 saturated heterocycles. The Hall–Kier alpha value is -1.75.